The van der Waals surface area contributed by atoms with Crippen molar-refractivity contribution >= 4 is 11.6 Å². The van der Waals surface area contributed by atoms with Gasteiger partial charge in [-0.05, 0) is 6.92 Å². The minimum Gasteiger partial charge on any atom is -0.392 e. The van der Waals surface area contributed by atoms with Gasteiger partial charge in [-0.2, -0.15) is 0 Å². The summed E-state index contributed by atoms with van der Waals surface area (Å²) in [5, 5.41) is 12.1. The molecule has 0 radical (unpaired) electrons. The molecule has 0 amide bonds. The van der Waals surface area contributed by atoms with Crippen molar-refractivity contribution in [2.24, 2.45) is 5.84 Å². The first kappa shape index (κ1) is 11.7. The van der Waals surface area contributed by atoms with Gasteiger partial charge in [-0.15, -0.1) is 0 Å². The second-order valence-corrected chi connectivity index (χ2v) is 3.28. The summed E-state index contributed by atoms with van der Waals surface area (Å²) in [6, 6.07) is 1.70. The molecule has 1 atom stereocenters. The molecule has 0 aliphatic carbocycles. The molecule has 6 nitrogen and oxygen atoms in total. The Balaban J connectivity index is 2.77. The van der Waals surface area contributed by atoms with Gasteiger partial charge in [0.1, 0.15) is 17.5 Å². The zero-order valence-electron chi connectivity index (χ0n) is 8.99. The Morgan fingerprint density at radius 3 is 2.67 bits per heavy atom. The van der Waals surface area contributed by atoms with E-state index < -0.39 is 6.10 Å². The number of hydrogen-bond donors (Lipinski definition) is 4. The van der Waals surface area contributed by atoms with E-state index in [1.807, 2.05) is 6.92 Å². The van der Waals surface area contributed by atoms with Gasteiger partial charge < -0.3 is 15.8 Å². The molecule has 0 spiro atoms. The number of hydrazine groups is 1. The average Bonchev–Trinajstić information content (AvgIpc) is 2.25. The molecule has 1 heterocycles. The van der Waals surface area contributed by atoms with Crippen molar-refractivity contribution in [1.29, 1.82) is 0 Å². The van der Waals surface area contributed by atoms with Crippen LogP contribution in [0.5, 0.6) is 0 Å². The number of nitrogens with zero attached hydrogens (tertiary/aromatic N) is 2. The fourth-order valence-electron chi connectivity index (χ4n) is 1.07. The topological polar surface area (TPSA) is 96.1 Å². The number of hydrogen-bond acceptors (Lipinski definition) is 6. The van der Waals surface area contributed by atoms with Crippen LogP contribution in [0.1, 0.15) is 19.7 Å². The number of aliphatic hydroxyl groups excluding tert-OH is 1. The fraction of sp³-hybridized carbons (Fsp3) is 0.556. The first-order chi connectivity index (χ1) is 7.15. The lowest BCUT2D eigenvalue weighted by Gasteiger charge is -2.10. The maximum atomic E-state index is 9.12. The Bertz CT molecular complexity index is 293. The summed E-state index contributed by atoms with van der Waals surface area (Å²) in [4.78, 5) is 8.39. The van der Waals surface area contributed by atoms with Crippen LogP contribution in [0.25, 0.3) is 0 Å². The zero-order valence-corrected chi connectivity index (χ0v) is 8.99. The summed E-state index contributed by atoms with van der Waals surface area (Å²) in [5.74, 6) is 7.22. The van der Waals surface area contributed by atoms with Gasteiger partial charge in [0.2, 0.25) is 0 Å². The Morgan fingerprint density at radius 2 is 2.13 bits per heavy atom. The van der Waals surface area contributed by atoms with E-state index in [0.717, 1.165) is 6.42 Å². The van der Waals surface area contributed by atoms with Gasteiger partial charge >= 0.3 is 0 Å². The molecule has 0 bridgehead atoms. The highest BCUT2D eigenvalue weighted by atomic mass is 16.3. The number of nitrogens with one attached hydrogen (secondary N) is 2. The highest BCUT2D eigenvalue weighted by Gasteiger charge is 2.03. The van der Waals surface area contributed by atoms with E-state index >= 15 is 0 Å². The van der Waals surface area contributed by atoms with Crippen molar-refractivity contribution < 1.29 is 5.11 Å². The summed E-state index contributed by atoms with van der Waals surface area (Å²) in [6.07, 6.45) is 0.318. The number of aryl methyl sites for hydroxylation is 1. The third kappa shape index (κ3) is 3.69. The van der Waals surface area contributed by atoms with Crippen molar-refractivity contribution in [3.63, 3.8) is 0 Å². The summed E-state index contributed by atoms with van der Waals surface area (Å²) in [5.41, 5.74) is 2.48. The van der Waals surface area contributed by atoms with Crippen molar-refractivity contribution in [2.45, 2.75) is 26.4 Å². The van der Waals surface area contributed by atoms with Gasteiger partial charge in [0.05, 0.1) is 6.10 Å². The van der Waals surface area contributed by atoms with Gasteiger partial charge in [0, 0.05) is 19.0 Å². The Morgan fingerprint density at radius 1 is 1.47 bits per heavy atom. The Hall–Kier alpha value is -1.40. The molecule has 0 aromatic carbocycles. The molecule has 0 aliphatic heterocycles. The van der Waals surface area contributed by atoms with Gasteiger partial charge in [0.25, 0.3) is 0 Å². The summed E-state index contributed by atoms with van der Waals surface area (Å²) < 4.78 is 0. The quantitative estimate of drug-likeness (QED) is 0.408. The monoisotopic (exact) mass is 211 g/mol. The SMILES string of the molecule is CCc1nc(NN)cc(NCC(C)O)n1. The maximum absolute atomic E-state index is 9.12. The van der Waals surface area contributed by atoms with E-state index in [-0.39, 0.29) is 0 Å². The van der Waals surface area contributed by atoms with Crippen LogP contribution in [0, 0.1) is 0 Å². The zero-order chi connectivity index (χ0) is 11.3. The van der Waals surface area contributed by atoms with Gasteiger partial charge in [-0.1, -0.05) is 6.92 Å². The smallest absolute Gasteiger partial charge is 0.145 e. The molecule has 15 heavy (non-hydrogen) atoms. The second kappa shape index (κ2) is 5.47. The molecule has 5 N–H and O–H groups in total. The van der Waals surface area contributed by atoms with E-state index in [1.165, 1.54) is 0 Å². The number of nitrogen functional groups attached to an aromatic ring is 1. The number of anilines is 2. The molecule has 1 unspecified atom stereocenters. The molecule has 1 rings (SSSR count). The molecule has 0 aliphatic rings. The number of aromatic nitrogens is 2. The van der Waals surface area contributed by atoms with Crippen LogP contribution in [0.2, 0.25) is 0 Å². The minimum absolute atomic E-state index is 0.417. The molecule has 0 fully saturated rings. The molecule has 0 saturated carbocycles. The van der Waals surface area contributed by atoms with Crippen LogP contribution in [-0.4, -0.2) is 27.7 Å². The highest BCUT2D eigenvalue weighted by molar-refractivity contribution is 5.46. The van der Waals surface area contributed by atoms with Crippen molar-refractivity contribution in [2.75, 3.05) is 17.3 Å². The highest BCUT2D eigenvalue weighted by Crippen LogP contribution is 2.10. The molecular weight excluding hydrogens is 194 g/mol. The first-order valence-corrected chi connectivity index (χ1v) is 4.92. The van der Waals surface area contributed by atoms with Crippen LogP contribution in [0.15, 0.2) is 6.07 Å². The van der Waals surface area contributed by atoms with E-state index in [4.69, 9.17) is 10.9 Å². The summed E-state index contributed by atoms with van der Waals surface area (Å²) in [7, 11) is 0. The van der Waals surface area contributed by atoms with Gasteiger partial charge in [-0.25, -0.2) is 15.8 Å². The largest absolute Gasteiger partial charge is 0.392 e. The van der Waals surface area contributed by atoms with E-state index in [9.17, 15) is 0 Å². The van der Waals surface area contributed by atoms with Gasteiger partial charge in [0.15, 0.2) is 0 Å². The van der Waals surface area contributed by atoms with Crippen LogP contribution in [0.3, 0.4) is 0 Å². The van der Waals surface area contributed by atoms with Crippen molar-refractivity contribution in [3.05, 3.63) is 11.9 Å². The summed E-state index contributed by atoms with van der Waals surface area (Å²) in [6.45, 7) is 4.12. The molecule has 0 saturated heterocycles. The number of aliphatic hydroxyl groups is 1. The Labute approximate surface area is 88.9 Å². The van der Waals surface area contributed by atoms with E-state index in [2.05, 4.69) is 20.7 Å². The maximum Gasteiger partial charge on any atom is 0.145 e. The predicted molar refractivity (Wildman–Crippen MR) is 59.4 cm³/mol. The second-order valence-electron chi connectivity index (χ2n) is 3.28. The van der Waals surface area contributed by atoms with Crippen LogP contribution < -0.4 is 16.6 Å². The fourth-order valence-corrected chi connectivity index (χ4v) is 1.07. The standard InChI is InChI=1S/C9H17N5O/c1-3-7-12-8(11-5-6(2)15)4-9(13-7)14-10/h4,6,15H,3,5,10H2,1-2H3,(H2,11,12,13,14). The number of nitrogens with two attached hydrogens (primary N) is 1. The third-order valence-corrected chi connectivity index (χ3v) is 1.82. The Kier molecular flexibility index (Phi) is 4.26. The third-order valence-electron chi connectivity index (χ3n) is 1.82. The lowest BCUT2D eigenvalue weighted by molar-refractivity contribution is 0.208. The van der Waals surface area contributed by atoms with Crippen LogP contribution >= 0.6 is 0 Å². The molecular formula is C9H17N5O. The van der Waals surface area contributed by atoms with Crippen molar-refractivity contribution in [3.8, 4) is 0 Å². The van der Waals surface area contributed by atoms with E-state index in [0.29, 0.717) is 24.0 Å². The lowest BCUT2D eigenvalue weighted by Crippen LogP contribution is -2.17. The van der Waals surface area contributed by atoms with Crippen molar-refractivity contribution in [1.82, 2.24) is 9.97 Å². The van der Waals surface area contributed by atoms with Gasteiger partial charge in [-0.3, -0.25) is 0 Å². The number of rotatable bonds is 5. The average molecular weight is 211 g/mol. The van der Waals surface area contributed by atoms with Crippen LogP contribution in [-0.2, 0) is 6.42 Å². The predicted octanol–water partition coefficient (Wildman–Crippen LogP) is 0.117. The van der Waals surface area contributed by atoms with E-state index in [1.54, 1.807) is 13.0 Å². The first-order valence-electron chi connectivity index (χ1n) is 4.92. The normalized spacial score (nSPS) is 12.3. The summed E-state index contributed by atoms with van der Waals surface area (Å²) >= 11 is 0. The molecule has 1 aromatic rings. The molecule has 84 valence electrons. The lowest BCUT2D eigenvalue weighted by atomic mass is 10.4. The van der Waals surface area contributed by atoms with Crippen LogP contribution in [0.4, 0.5) is 11.6 Å². The molecule has 1 aromatic heterocycles. The minimum atomic E-state index is -0.417. The molecule has 6 heteroatoms.